The summed E-state index contributed by atoms with van der Waals surface area (Å²) in [5, 5.41) is 10.6. The van der Waals surface area contributed by atoms with Gasteiger partial charge < -0.3 is 9.84 Å². The van der Waals surface area contributed by atoms with Gasteiger partial charge in [0.15, 0.2) is 6.10 Å². The number of carbonyl (C=O) groups is 1. The van der Waals surface area contributed by atoms with Crippen molar-refractivity contribution in [3.8, 4) is 5.75 Å². The van der Waals surface area contributed by atoms with E-state index in [2.05, 4.69) is 10.8 Å². The molecule has 0 aromatic heterocycles. The Hall–Kier alpha value is -2.90. The molecule has 0 fully saturated rings. The summed E-state index contributed by atoms with van der Waals surface area (Å²) in [6, 6.07) is 14.6. The molecule has 0 spiro atoms. The lowest BCUT2D eigenvalue weighted by molar-refractivity contribution is -0.145. The van der Waals surface area contributed by atoms with E-state index < -0.39 is 22.1 Å². The van der Waals surface area contributed by atoms with E-state index in [0.29, 0.717) is 5.75 Å². The first-order valence-corrected chi connectivity index (χ1v) is 10.9. The number of allylic oxidation sites excluding steroid dienone is 1. The van der Waals surface area contributed by atoms with E-state index in [9.17, 15) is 18.3 Å². The van der Waals surface area contributed by atoms with Gasteiger partial charge in [0.25, 0.3) is 0 Å². The molecule has 1 aliphatic carbocycles. The van der Waals surface area contributed by atoms with Crippen LogP contribution in [0.1, 0.15) is 29.5 Å². The number of carboxylic acid groups (broad SMARTS) is 1. The molecule has 0 heterocycles. The molecule has 6 nitrogen and oxygen atoms in total. The van der Waals surface area contributed by atoms with Crippen LogP contribution in [0.15, 0.2) is 60.0 Å². The highest BCUT2D eigenvalue weighted by molar-refractivity contribution is 7.92. The van der Waals surface area contributed by atoms with Gasteiger partial charge in [0.1, 0.15) is 5.75 Å². The predicted octanol–water partition coefficient (Wildman–Crippen LogP) is 3.46. The van der Waals surface area contributed by atoms with Crippen LogP contribution in [-0.2, 0) is 21.2 Å². The number of sulfonamides is 1. The van der Waals surface area contributed by atoms with E-state index in [1.807, 2.05) is 36.4 Å². The number of fused-ring (bicyclic) bond motifs is 1. The minimum atomic E-state index is -3.68. The lowest BCUT2D eigenvalue weighted by Gasteiger charge is -2.20. The van der Waals surface area contributed by atoms with Gasteiger partial charge in [0.2, 0.25) is 10.0 Å². The molecule has 2 N–H and O–H groups in total. The second kappa shape index (κ2) is 9.54. The monoisotopic (exact) mass is 413 g/mol. The van der Waals surface area contributed by atoms with Crippen LogP contribution in [0.25, 0.3) is 12.2 Å². The molecule has 2 aromatic rings. The third kappa shape index (κ3) is 6.04. The van der Waals surface area contributed by atoms with Gasteiger partial charge in [-0.1, -0.05) is 54.6 Å². The fraction of sp³-hybridized carbons (Fsp3) is 0.227. The first kappa shape index (κ1) is 20.8. The molecule has 29 heavy (non-hydrogen) atoms. The minimum Gasteiger partial charge on any atom is -0.479 e. The number of carboxylic acids is 1. The Morgan fingerprint density at radius 2 is 1.97 bits per heavy atom. The van der Waals surface area contributed by atoms with Gasteiger partial charge in [-0.25, -0.2) is 17.9 Å². The molecule has 0 radical (unpaired) electrons. The fourth-order valence-electron chi connectivity index (χ4n) is 3.05. The van der Waals surface area contributed by atoms with Crippen LogP contribution < -0.4 is 9.46 Å². The first-order chi connectivity index (χ1) is 13.9. The molecule has 1 atom stereocenters. The normalized spacial score (nSPS) is 14.5. The Kier molecular flexibility index (Phi) is 6.85. The molecular formula is C22H23NO5S. The maximum atomic E-state index is 12.1. The van der Waals surface area contributed by atoms with E-state index in [4.69, 9.17) is 4.74 Å². The maximum Gasteiger partial charge on any atom is 0.344 e. The third-order valence-electron chi connectivity index (χ3n) is 4.52. The van der Waals surface area contributed by atoms with E-state index in [1.165, 1.54) is 6.08 Å². The van der Waals surface area contributed by atoms with Crippen LogP contribution in [0.3, 0.4) is 0 Å². The Bertz CT molecular complexity index is 1010. The van der Waals surface area contributed by atoms with Crippen LogP contribution >= 0.6 is 0 Å². The van der Waals surface area contributed by atoms with E-state index in [-0.39, 0.29) is 13.0 Å². The summed E-state index contributed by atoms with van der Waals surface area (Å²) in [6.07, 6.45) is 6.06. The molecule has 0 saturated heterocycles. The van der Waals surface area contributed by atoms with E-state index >= 15 is 0 Å². The summed E-state index contributed by atoms with van der Waals surface area (Å²) in [4.78, 5) is 11.6. The number of ether oxygens (including phenoxy) is 1. The van der Waals surface area contributed by atoms with Crippen molar-refractivity contribution in [1.29, 1.82) is 0 Å². The average Bonchev–Trinajstić information content (AvgIpc) is 2.72. The van der Waals surface area contributed by atoms with Gasteiger partial charge >= 0.3 is 5.97 Å². The standard InChI is InChI=1S/C22H23NO5S/c24-22(25)21(28-20-12-6-10-18-9-4-5-11-19(18)20)13-15-23-29(26,27)16-14-17-7-2-1-3-8-17/h1-4,6-10,12,14,16,21,23H,5,11,13,15H2,(H,24,25). The minimum absolute atomic E-state index is 0.00719. The molecule has 3 rings (SSSR count). The van der Waals surface area contributed by atoms with Gasteiger partial charge in [0, 0.05) is 23.9 Å². The Balaban J connectivity index is 1.60. The van der Waals surface area contributed by atoms with Gasteiger partial charge in [-0.3, -0.25) is 0 Å². The molecular weight excluding hydrogens is 390 g/mol. The average molecular weight is 413 g/mol. The Morgan fingerprint density at radius 3 is 2.72 bits per heavy atom. The SMILES string of the molecule is O=C(O)C(CCNS(=O)(=O)C=Cc1ccccc1)Oc1cccc2c1CCC=C2. The number of nitrogens with one attached hydrogen (secondary N) is 1. The number of benzene rings is 2. The molecule has 0 saturated carbocycles. The van der Waals surface area contributed by atoms with Gasteiger partial charge in [-0.05, 0) is 36.1 Å². The quantitative estimate of drug-likeness (QED) is 0.657. The van der Waals surface area contributed by atoms with Crippen molar-refractivity contribution < 1.29 is 23.1 Å². The highest BCUT2D eigenvalue weighted by atomic mass is 32.2. The van der Waals surface area contributed by atoms with Gasteiger partial charge in [0.05, 0.1) is 0 Å². The summed E-state index contributed by atoms with van der Waals surface area (Å²) in [5.41, 5.74) is 2.75. The summed E-state index contributed by atoms with van der Waals surface area (Å²) < 4.78 is 32.3. The van der Waals surface area contributed by atoms with E-state index in [1.54, 1.807) is 18.2 Å². The zero-order chi connectivity index (χ0) is 20.7. The Labute approximate surface area is 170 Å². The fourth-order valence-corrected chi connectivity index (χ4v) is 3.89. The maximum absolute atomic E-state index is 12.1. The van der Waals surface area contributed by atoms with Crippen LogP contribution in [-0.4, -0.2) is 32.1 Å². The number of rotatable bonds is 9. The summed E-state index contributed by atoms with van der Waals surface area (Å²) in [5.74, 6) is -0.598. The van der Waals surface area contributed by atoms with Crippen molar-refractivity contribution in [3.05, 3.63) is 76.7 Å². The molecule has 0 aliphatic heterocycles. The highest BCUT2D eigenvalue weighted by Crippen LogP contribution is 2.29. The van der Waals surface area contributed by atoms with Crippen molar-refractivity contribution in [2.75, 3.05) is 6.54 Å². The van der Waals surface area contributed by atoms with Crippen molar-refractivity contribution >= 4 is 28.1 Å². The molecule has 1 aliphatic rings. The topological polar surface area (TPSA) is 92.7 Å². The van der Waals surface area contributed by atoms with Crippen LogP contribution in [0.4, 0.5) is 0 Å². The summed E-state index contributed by atoms with van der Waals surface area (Å²) >= 11 is 0. The Morgan fingerprint density at radius 1 is 1.17 bits per heavy atom. The van der Waals surface area contributed by atoms with Crippen LogP contribution in [0.2, 0.25) is 0 Å². The molecule has 7 heteroatoms. The lowest BCUT2D eigenvalue weighted by atomic mass is 9.96. The third-order valence-corrected chi connectivity index (χ3v) is 5.62. The number of aliphatic carboxylic acids is 1. The number of hydrogen-bond donors (Lipinski definition) is 2. The van der Waals surface area contributed by atoms with Crippen LogP contribution in [0.5, 0.6) is 5.75 Å². The second-order valence-corrected chi connectivity index (χ2v) is 8.30. The highest BCUT2D eigenvalue weighted by Gasteiger charge is 2.22. The first-order valence-electron chi connectivity index (χ1n) is 9.35. The lowest BCUT2D eigenvalue weighted by Crippen LogP contribution is -2.33. The molecule has 152 valence electrons. The van der Waals surface area contributed by atoms with Crippen molar-refractivity contribution in [2.45, 2.75) is 25.4 Å². The van der Waals surface area contributed by atoms with Gasteiger partial charge in [-0.15, -0.1) is 0 Å². The summed E-state index contributed by atoms with van der Waals surface area (Å²) in [6.45, 7) is -0.0483. The smallest absolute Gasteiger partial charge is 0.344 e. The zero-order valence-electron chi connectivity index (χ0n) is 15.8. The zero-order valence-corrected chi connectivity index (χ0v) is 16.6. The van der Waals surface area contributed by atoms with Crippen molar-refractivity contribution in [2.24, 2.45) is 0 Å². The molecule has 2 aromatic carbocycles. The molecule has 1 unspecified atom stereocenters. The largest absolute Gasteiger partial charge is 0.479 e. The number of hydrogen-bond acceptors (Lipinski definition) is 4. The van der Waals surface area contributed by atoms with Crippen LogP contribution in [0, 0.1) is 0 Å². The molecule has 0 bridgehead atoms. The second-order valence-electron chi connectivity index (χ2n) is 6.65. The van der Waals surface area contributed by atoms with Gasteiger partial charge in [-0.2, -0.15) is 0 Å². The molecule has 0 amide bonds. The predicted molar refractivity (Wildman–Crippen MR) is 113 cm³/mol. The van der Waals surface area contributed by atoms with Crippen molar-refractivity contribution in [3.63, 3.8) is 0 Å². The van der Waals surface area contributed by atoms with E-state index in [0.717, 1.165) is 34.9 Å². The van der Waals surface area contributed by atoms with Crippen molar-refractivity contribution in [1.82, 2.24) is 4.72 Å². The summed E-state index contributed by atoms with van der Waals surface area (Å²) in [7, 11) is -3.68.